The number of rotatable bonds is 5. The van der Waals surface area contributed by atoms with E-state index in [9.17, 15) is 4.79 Å². The normalized spacial score (nSPS) is 15.6. The van der Waals surface area contributed by atoms with Gasteiger partial charge in [-0.05, 0) is 71.8 Å². The number of hydrogen-bond donors (Lipinski definition) is 0. The van der Waals surface area contributed by atoms with Gasteiger partial charge in [-0.1, -0.05) is 42.2 Å². The third-order valence-corrected chi connectivity index (χ3v) is 6.09. The third-order valence-electron chi connectivity index (χ3n) is 3.99. The number of methoxy groups -OCH3 is 1. The van der Waals surface area contributed by atoms with Crippen LogP contribution in [0.2, 0.25) is 0 Å². The van der Waals surface area contributed by atoms with E-state index in [4.69, 9.17) is 21.7 Å². The minimum absolute atomic E-state index is 0.109. The number of benzene rings is 2. The lowest BCUT2D eigenvalue weighted by atomic mass is 10.1. The highest BCUT2D eigenvalue weighted by Gasteiger charge is 2.34. The van der Waals surface area contributed by atoms with E-state index in [1.54, 1.807) is 12.0 Å². The maximum Gasteiger partial charge on any atom is 0.270 e. The zero-order valence-corrected chi connectivity index (χ0v) is 18.9. The maximum absolute atomic E-state index is 13.0. The van der Waals surface area contributed by atoms with Gasteiger partial charge >= 0.3 is 0 Å². The van der Waals surface area contributed by atoms with Gasteiger partial charge in [0.15, 0.2) is 15.8 Å². The van der Waals surface area contributed by atoms with Gasteiger partial charge < -0.3 is 9.47 Å². The van der Waals surface area contributed by atoms with Crippen LogP contribution in [0, 0.1) is 10.5 Å². The van der Waals surface area contributed by atoms with E-state index in [-0.39, 0.29) is 5.91 Å². The number of anilines is 1. The second-order valence-corrected chi connectivity index (χ2v) is 8.61. The van der Waals surface area contributed by atoms with E-state index < -0.39 is 0 Å². The molecule has 0 atom stereocenters. The fraction of sp³-hybridized carbons (Fsp3) is 0.200. The lowest BCUT2D eigenvalue weighted by Gasteiger charge is -2.16. The predicted molar refractivity (Wildman–Crippen MR) is 124 cm³/mol. The molecule has 0 saturated carbocycles. The van der Waals surface area contributed by atoms with Crippen LogP contribution < -0.4 is 14.4 Å². The summed E-state index contributed by atoms with van der Waals surface area (Å²) in [6, 6.07) is 11.6. The fourth-order valence-electron chi connectivity index (χ4n) is 2.75. The number of carbonyl (C=O) groups is 1. The molecule has 0 radical (unpaired) electrons. The lowest BCUT2D eigenvalue weighted by molar-refractivity contribution is -0.113. The fourth-order valence-corrected chi connectivity index (χ4v) is 4.81. The number of nitrogens with zero attached hydrogens (tertiary/aromatic N) is 1. The molecule has 140 valence electrons. The summed E-state index contributed by atoms with van der Waals surface area (Å²) >= 11 is 8.98. The van der Waals surface area contributed by atoms with Crippen molar-refractivity contribution in [3.05, 3.63) is 56.0 Å². The Bertz CT molecular complexity index is 943. The first-order valence-electron chi connectivity index (χ1n) is 8.30. The van der Waals surface area contributed by atoms with Gasteiger partial charge in [-0.15, -0.1) is 0 Å². The Kier molecular flexibility index (Phi) is 6.44. The SMILES string of the molecule is CCOc1c(I)cc(/C=C2/SC(=S)N(c3ccccc3C)C2=O)cc1OC. The molecule has 3 rings (SSSR count). The number of halogens is 1. The molecule has 1 fully saturated rings. The molecule has 0 aromatic heterocycles. The van der Waals surface area contributed by atoms with Crippen molar-refractivity contribution in [2.45, 2.75) is 13.8 Å². The summed E-state index contributed by atoms with van der Waals surface area (Å²) < 4.78 is 12.6. The van der Waals surface area contributed by atoms with Crippen molar-refractivity contribution < 1.29 is 14.3 Å². The first-order chi connectivity index (χ1) is 13.0. The molecule has 2 aromatic carbocycles. The van der Waals surface area contributed by atoms with Crippen molar-refractivity contribution in [2.24, 2.45) is 0 Å². The van der Waals surface area contributed by atoms with E-state index in [2.05, 4.69) is 22.6 Å². The average Bonchev–Trinajstić information content (AvgIpc) is 2.91. The molecular weight excluding hydrogens is 493 g/mol. The van der Waals surface area contributed by atoms with Gasteiger partial charge in [0, 0.05) is 0 Å². The van der Waals surface area contributed by atoms with Crippen LogP contribution in [0.15, 0.2) is 41.3 Å². The molecule has 1 aliphatic rings. The molecule has 0 spiro atoms. The number of para-hydroxylation sites is 1. The van der Waals surface area contributed by atoms with Gasteiger partial charge in [-0.25, -0.2) is 0 Å². The monoisotopic (exact) mass is 511 g/mol. The van der Waals surface area contributed by atoms with E-state index in [1.165, 1.54) is 11.8 Å². The second-order valence-electron chi connectivity index (χ2n) is 5.77. The molecule has 1 amide bonds. The minimum Gasteiger partial charge on any atom is -0.493 e. The van der Waals surface area contributed by atoms with Crippen LogP contribution in [0.25, 0.3) is 6.08 Å². The van der Waals surface area contributed by atoms with Crippen LogP contribution in [0.1, 0.15) is 18.1 Å². The highest BCUT2D eigenvalue weighted by molar-refractivity contribution is 14.1. The number of carbonyl (C=O) groups excluding carboxylic acids is 1. The van der Waals surface area contributed by atoms with Gasteiger partial charge in [0.25, 0.3) is 5.91 Å². The maximum atomic E-state index is 13.0. The van der Waals surface area contributed by atoms with Gasteiger partial charge in [-0.2, -0.15) is 0 Å². The molecular formula is C20H18INO3S2. The Morgan fingerprint density at radius 1 is 1.30 bits per heavy atom. The summed E-state index contributed by atoms with van der Waals surface area (Å²) in [5.41, 5.74) is 2.69. The number of amides is 1. The van der Waals surface area contributed by atoms with Crippen LogP contribution in [-0.2, 0) is 4.79 Å². The van der Waals surface area contributed by atoms with Crippen LogP contribution in [0.5, 0.6) is 11.5 Å². The van der Waals surface area contributed by atoms with Gasteiger partial charge in [-0.3, -0.25) is 9.69 Å². The van der Waals surface area contributed by atoms with Crippen molar-refractivity contribution in [3.8, 4) is 11.5 Å². The van der Waals surface area contributed by atoms with Gasteiger partial charge in [0.05, 0.1) is 27.9 Å². The van der Waals surface area contributed by atoms with Crippen LogP contribution in [-0.4, -0.2) is 23.9 Å². The standard InChI is InChI=1S/C20H18INO3S2/c1-4-25-18-14(21)9-13(10-16(18)24-3)11-17-19(23)22(20(26)27-17)15-8-6-5-7-12(15)2/h5-11H,4H2,1-3H3/b17-11+. The molecule has 1 saturated heterocycles. The zero-order valence-electron chi connectivity index (χ0n) is 15.1. The van der Waals surface area contributed by atoms with Crippen molar-refractivity contribution in [1.29, 1.82) is 0 Å². The molecule has 27 heavy (non-hydrogen) atoms. The number of ether oxygens (including phenoxy) is 2. The predicted octanol–water partition coefficient (Wildman–Crippen LogP) is 5.41. The van der Waals surface area contributed by atoms with E-state index in [1.807, 2.05) is 56.3 Å². The molecule has 0 unspecified atom stereocenters. The smallest absolute Gasteiger partial charge is 0.270 e. The van der Waals surface area contributed by atoms with Gasteiger partial charge in [0.2, 0.25) is 0 Å². The number of aryl methyl sites for hydroxylation is 1. The van der Waals surface area contributed by atoms with Crippen molar-refractivity contribution in [3.63, 3.8) is 0 Å². The van der Waals surface area contributed by atoms with E-state index in [0.29, 0.717) is 27.3 Å². The molecule has 0 aliphatic carbocycles. The second kappa shape index (κ2) is 8.62. The summed E-state index contributed by atoms with van der Waals surface area (Å²) in [6.07, 6.45) is 1.85. The lowest BCUT2D eigenvalue weighted by Crippen LogP contribution is -2.28. The van der Waals surface area contributed by atoms with Crippen LogP contribution in [0.4, 0.5) is 5.69 Å². The van der Waals surface area contributed by atoms with Crippen molar-refractivity contribution in [2.75, 3.05) is 18.6 Å². The summed E-state index contributed by atoms with van der Waals surface area (Å²) in [5.74, 6) is 1.25. The van der Waals surface area contributed by atoms with Crippen LogP contribution >= 0.6 is 46.6 Å². The minimum atomic E-state index is -0.109. The summed E-state index contributed by atoms with van der Waals surface area (Å²) in [6.45, 7) is 4.46. The molecule has 2 aromatic rings. The van der Waals surface area contributed by atoms with Crippen molar-refractivity contribution in [1.82, 2.24) is 0 Å². The molecule has 1 heterocycles. The Labute approximate surface area is 182 Å². The average molecular weight is 511 g/mol. The number of thiocarbonyl (C=S) groups is 1. The van der Waals surface area contributed by atoms with Gasteiger partial charge in [0.1, 0.15) is 0 Å². The molecule has 1 aliphatic heterocycles. The Balaban J connectivity index is 1.97. The first kappa shape index (κ1) is 20.2. The Morgan fingerprint density at radius 3 is 2.70 bits per heavy atom. The molecule has 7 heteroatoms. The first-order valence-corrected chi connectivity index (χ1v) is 10.6. The third kappa shape index (κ3) is 4.14. The highest BCUT2D eigenvalue weighted by Crippen LogP contribution is 2.39. The summed E-state index contributed by atoms with van der Waals surface area (Å²) in [4.78, 5) is 15.2. The Morgan fingerprint density at radius 2 is 2.04 bits per heavy atom. The largest absolute Gasteiger partial charge is 0.493 e. The molecule has 0 bridgehead atoms. The summed E-state index contributed by atoms with van der Waals surface area (Å²) in [7, 11) is 1.61. The number of hydrogen-bond acceptors (Lipinski definition) is 5. The Hall–Kier alpha value is -1.58. The number of thioether (sulfide) groups is 1. The topological polar surface area (TPSA) is 38.8 Å². The van der Waals surface area contributed by atoms with Crippen LogP contribution in [0.3, 0.4) is 0 Å². The summed E-state index contributed by atoms with van der Waals surface area (Å²) in [5, 5.41) is 0. The van der Waals surface area contributed by atoms with Crippen molar-refractivity contribution >= 4 is 68.6 Å². The molecule has 4 nitrogen and oxygen atoms in total. The highest BCUT2D eigenvalue weighted by atomic mass is 127. The molecule has 0 N–H and O–H groups in total. The zero-order chi connectivity index (χ0) is 19.6. The van der Waals surface area contributed by atoms with E-state index >= 15 is 0 Å². The van der Waals surface area contributed by atoms with E-state index in [0.717, 1.165) is 20.4 Å². The quantitative estimate of drug-likeness (QED) is 0.305.